The third-order valence-corrected chi connectivity index (χ3v) is 3.98. The van der Waals surface area contributed by atoms with Gasteiger partial charge < -0.3 is 5.32 Å². The first kappa shape index (κ1) is 16.1. The topological polar surface area (TPSA) is 67.8 Å². The largest absolute Gasteiger partial charge is 0.318 e. The van der Waals surface area contributed by atoms with Crippen molar-refractivity contribution < 1.29 is 4.79 Å². The Hall–Kier alpha value is -1.24. The van der Waals surface area contributed by atoms with Gasteiger partial charge >= 0.3 is 0 Å². The SMILES string of the molecule is Cc1cc(Cl)nc(Cl)c1NC(=O)c1snnc1C(C)(C)C. The van der Waals surface area contributed by atoms with Crippen LogP contribution < -0.4 is 5.32 Å². The second kappa shape index (κ2) is 5.87. The van der Waals surface area contributed by atoms with Gasteiger partial charge in [-0.25, -0.2) is 4.98 Å². The highest BCUT2D eigenvalue weighted by Gasteiger charge is 2.27. The van der Waals surface area contributed by atoms with Gasteiger partial charge in [0.2, 0.25) is 0 Å². The fourth-order valence-electron chi connectivity index (χ4n) is 1.75. The van der Waals surface area contributed by atoms with Gasteiger partial charge in [-0.15, -0.1) is 5.10 Å². The Morgan fingerprint density at radius 3 is 2.57 bits per heavy atom. The van der Waals surface area contributed by atoms with Crippen molar-refractivity contribution in [2.75, 3.05) is 5.32 Å². The molecule has 2 heterocycles. The van der Waals surface area contributed by atoms with E-state index < -0.39 is 0 Å². The van der Waals surface area contributed by atoms with Crippen LogP contribution in [-0.2, 0) is 5.41 Å². The summed E-state index contributed by atoms with van der Waals surface area (Å²) in [4.78, 5) is 16.8. The van der Waals surface area contributed by atoms with E-state index in [2.05, 4.69) is 19.9 Å². The minimum Gasteiger partial charge on any atom is -0.318 e. The first-order chi connectivity index (χ1) is 9.70. The molecular weight excluding hydrogens is 331 g/mol. The second-order valence-corrected chi connectivity index (χ2v) is 7.08. The molecule has 0 aliphatic heterocycles. The minimum absolute atomic E-state index is 0.156. The summed E-state index contributed by atoms with van der Waals surface area (Å²) >= 11 is 12.9. The molecule has 1 amide bonds. The molecule has 0 saturated carbocycles. The van der Waals surface area contributed by atoms with Crippen LogP contribution >= 0.6 is 34.7 Å². The predicted molar refractivity (Wildman–Crippen MR) is 85.6 cm³/mol. The molecule has 0 saturated heterocycles. The second-order valence-electron chi connectivity index (χ2n) is 5.58. The Morgan fingerprint density at radius 1 is 1.33 bits per heavy atom. The van der Waals surface area contributed by atoms with Crippen molar-refractivity contribution in [2.45, 2.75) is 33.1 Å². The van der Waals surface area contributed by atoms with E-state index in [9.17, 15) is 4.79 Å². The third kappa shape index (κ3) is 3.51. The van der Waals surface area contributed by atoms with Gasteiger partial charge in [0, 0.05) is 5.41 Å². The number of aromatic nitrogens is 3. The van der Waals surface area contributed by atoms with Gasteiger partial charge in [0.15, 0.2) is 5.15 Å². The number of carbonyl (C=O) groups is 1. The fraction of sp³-hybridized carbons (Fsp3) is 0.385. The quantitative estimate of drug-likeness (QED) is 0.832. The summed E-state index contributed by atoms with van der Waals surface area (Å²) in [5.74, 6) is -0.302. The molecular formula is C13H14Cl2N4OS. The monoisotopic (exact) mass is 344 g/mol. The normalized spacial score (nSPS) is 11.5. The molecule has 0 unspecified atom stereocenters. The van der Waals surface area contributed by atoms with Crippen LogP contribution in [0.4, 0.5) is 5.69 Å². The molecule has 112 valence electrons. The summed E-state index contributed by atoms with van der Waals surface area (Å²) in [5, 5.41) is 7.24. The van der Waals surface area contributed by atoms with Crippen molar-refractivity contribution in [3.8, 4) is 0 Å². The molecule has 2 aromatic heterocycles. The number of anilines is 1. The van der Waals surface area contributed by atoms with E-state index in [0.717, 1.165) is 17.1 Å². The lowest BCUT2D eigenvalue weighted by molar-refractivity contribution is 0.102. The molecule has 2 rings (SSSR count). The molecule has 21 heavy (non-hydrogen) atoms. The zero-order chi connectivity index (χ0) is 15.8. The van der Waals surface area contributed by atoms with Crippen LogP contribution in [0.25, 0.3) is 0 Å². The highest BCUT2D eigenvalue weighted by atomic mass is 35.5. The Balaban J connectivity index is 2.34. The van der Waals surface area contributed by atoms with E-state index in [1.165, 1.54) is 0 Å². The molecule has 0 radical (unpaired) electrons. The molecule has 0 atom stereocenters. The smallest absolute Gasteiger partial charge is 0.269 e. The first-order valence-electron chi connectivity index (χ1n) is 6.17. The van der Waals surface area contributed by atoms with Crippen LogP contribution in [-0.4, -0.2) is 20.5 Å². The van der Waals surface area contributed by atoms with Gasteiger partial charge in [0.1, 0.15) is 10.0 Å². The predicted octanol–water partition coefficient (Wildman–Crippen LogP) is 4.10. The fourth-order valence-corrected chi connectivity index (χ4v) is 3.10. The molecule has 8 heteroatoms. The number of hydrogen-bond donors (Lipinski definition) is 1. The van der Waals surface area contributed by atoms with Gasteiger partial charge in [-0.05, 0) is 30.1 Å². The summed E-state index contributed by atoms with van der Waals surface area (Å²) in [6, 6.07) is 1.64. The van der Waals surface area contributed by atoms with Crippen molar-refractivity contribution in [3.05, 3.63) is 32.5 Å². The number of carbonyl (C=O) groups excluding carboxylic acids is 1. The Morgan fingerprint density at radius 2 is 2.00 bits per heavy atom. The van der Waals surface area contributed by atoms with Gasteiger partial charge in [-0.3, -0.25) is 4.79 Å². The maximum atomic E-state index is 12.4. The van der Waals surface area contributed by atoms with Crippen molar-refractivity contribution in [1.82, 2.24) is 14.6 Å². The lowest BCUT2D eigenvalue weighted by Gasteiger charge is -2.16. The number of halogens is 2. The van der Waals surface area contributed by atoms with Crippen LogP contribution in [0, 0.1) is 6.92 Å². The van der Waals surface area contributed by atoms with E-state index in [0.29, 0.717) is 16.3 Å². The number of hydrogen-bond acceptors (Lipinski definition) is 5. The van der Waals surface area contributed by atoms with E-state index >= 15 is 0 Å². The molecule has 0 bridgehead atoms. The number of amides is 1. The summed E-state index contributed by atoms with van der Waals surface area (Å²) < 4.78 is 3.87. The zero-order valence-electron chi connectivity index (χ0n) is 12.0. The van der Waals surface area contributed by atoms with Crippen LogP contribution in [0.3, 0.4) is 0 Å². The average molecular weight is 345 g/mol. The molecule has 0 spiro atoms. The standard InChI is InChI=1S/C13H14Cl2N4OS/c1-6-5-7(14)16-11(15)8(6)17-12(20)9-10(13(2,3)4)18-19-21-9/h5H,1-4H3,(H,17,20). The number of aryl methyl sites for hydroxylation is 1. The van der Waals surface area contributed by atoms with Crippen molar-refractivity contribution in [2.24, 2.45) is 0 Å². The minimum atomic E-state index is -0.302. The van der Waals surface area contributed by atoms with E-state index in [-0.39, 0.29) is 21.6 Å². The third-order valence-electron chi connectivity index (χ3n) is 2.78. The number of pyridine rings is 1. The van der Waals surface area contributed by atoms with E-state index in [1.54, 1.807) is 13.0 Å². The Bertz CT molecular complexity index is 671. The Labute approximate surface area is 136 Å². The lowest BCUT2D eigenvalue weighted by atomic mass is 9.91. The van der Waals surface area contributed by atoms with Crippen LogP contribution in [0.15, 0.2) is 6.07 Å². The molecule has 0 fully saturated rings. The molecule has 2 aromatic rings. The molecule has 0 aliphatic carbocycles. The van der Waals surface area contributed by atoms with E-state index in [4.69, 9.17) is 23.2 Å². The molecule has 1 N–H and O–H groups in total. The van der Waals surface area contributed by atoms with Crippen LogP contribution in [0.5, 0.6) is 0 Å². The summed E-state index contributed by atoms with van der Waals surface area (Å²) in [7, 11) is 0. The summed E-state index contributed by atoms with van der Waals surface area (Å²) in [6.45, 7) is 7.72. The van der Waals surface area contributed by atoms with Gasteiger partial charge in [0.05, 0.1) is 11.4 Å². The zero-order valence-corrected chi connectivity index (χ0v) is 14.3. The first-order valence-corrected chi connectivity index (χ1v) is 7.70. The summed E-state index contributed by atoms with van der Waals surface area (Å²) in [6.07, 6.45) is 0. The van der Waals surface area contributed by atoms with Crippen LogP contribution in [0.1, 0.15) is 41.7 Å². The van der Waals surface area contributed by atoms with E-state index in [1.807, 2.05) is 20.8 Å². The lowest BCUT2D eigenvalue weighted by Crippen LogP contribution is -2.20. The maximum Gasteiger partial charge on any atom is 0.269 e. The van der Waals surface area contributed by atoms with Gasteiger partial charge in [-0.2, -0.15) is 0 Å². The van der Waals surface area contributed by atoms with Crippen molar-refractivity contribution in [1.29, 1.82) is 0 Å². The Kier molecular flexibility index (Phi) is 4.51. The summed E-state index contributed by atoms with van der Waals surface area (Å²) in [5.41, 5.74) is 1.57. The number of rotatable bonds is 2. The average Bonchev–Trinajstić information content (AvgIpc) is 2.82. The maximum absolute atomic E-state index is 12.4. The highest BCUT2D eigenvalue weighted by Crippen LogP contribution is 2.29. The molecule has 5 nitrogen and oxygen atoms in total. The van der Waals surface area contributed by atoms with Crippen molar-refractivity contribution >= 4 is 46.3 Å². The van der Waals surface area contributed by atoms with Crippen LogP contribution in [0.2, 0.25) is 10.3 Å². The number of nitrogens with one attached hydrogen (secondary N) is 1. The highest BCUT2D eigenvalue weighted by molar-refractivity contribution is 7.08. The number of nitrogens with zero attached hydrogens (tertiary/aromatic N) is 3. The molecule has 0 aromatic carbocycles. The van der Waals surface area contributed by atoms with Gasteiger partial charge in [-0.1, -0.05) is 48.5 Å². The van der Waals surface area contributed by atoms with Gasteiger partial charge in [0.25, 0.3) is 5.91 Å². The molecule has 0 aliphatic rings. The van der Waals surface area contributed by atoms with Crippen molar-refractivity contribution in [3.63, 3.8) is 0 Å².